The normalized spacial score (nSPS) is 11.9. The average Bonchev–Trinajstić information content (AvgIpc) is 2.36. The number of hydrogen-bond acceptors (Lipinski definition) is 3. The number of nitrogens with one attached hydrogen (secondary N) is 1. The summed E-state index contributed by atoms with van der Waals surface area (Å²) in [7, 11) is 1.34. The van der Waals surface area contributed by atoms with Crippen LogP contribution in [0, 0.1) is 0 Å². The average molecular weight is 254 g/mol. The lowest BCUT2D eigenvalue weighted by Crippen LogP contribution is -2.34. The van der Waals surface area contributed by atoms with Gasteiger partial charge in [-0.05, 0) is 35.7 Å². The fraction of sp³-hybridized carbons (Fsp3) is 0.308. The first-order valence-electron chi connectivity index (χ1n) is 5.34. The van der Waals surface area contributed by atoms with Crippen LogP contribution in [0.15, 0.2) is 36.9 Å². The quantitative estimate of drug-likeness (QED) is 0.480. The van der Waals surface area contributed by atoms with E-state index in [1.54, 1.807) is 0 Å². The number of hydrogen-bond donors (Lipinski definition) is 1. The van der Waals surface area contributed by atoms with E-state index < -0.39 is 6.04 Å². The Bertz CT molecular complexity index is 393. The maximum atomic E-state index is 11.4. The van der Waals surface area contributed by atoms with Gasteiger partial charge >= 0.3 is 5.97 Å². The molecule has 1 atom stereocenters. The van der Waals surface area contributed by atoms with Gasteiger partial charge in [0.1, 0.15) is 6.04 Å². The van der Waals surface area contributed by atoms with Gasteiger partial charge in [0, 0.05) is 0 Å². The van der Waals surface area contributed by atoms with E-state index in [-0.39, 0.29) is 5.97 Å². The van der Waals surface area contributed by atoms with Crippen LogP contribution in [0.2, 0.25) is 0 Å². The van der Waals surface area contributed by atoms with Crippen LogP contribution in [0.1, 0.15) is 11.1 Å². The molecule has 92 valence electrons. The molecule has 0 saturated heterocycles. The molecule has 1 aromatic rings. The molecule has 0 heterocycles. The summed E-state index contributed by atoms with van der Waals surface area (Å²) < 4.78 is 4.65. The van der Waals surface area contributed by atoms with Crippen molar-refractivity contribution in [1.29, 1.82) is 0 Å². The van der Waals surface area contributed by atoms with Gasteiger partial charge in [-0.3, -0.25) is 4.79 Å². The molecule has 1 aromatic carbocycles. The lowest BCUT2D eigenvalue weighted by Gasteiger charge is -2.12. The zero-order chi connectivity index (χ0) is 12.7. The van der Waals surface area contributed by atoms with Gasteiger partial charge in [-0.15, -0.1) is 6.58 Å². The minimum absolute atomic E-state index is 0.367. The van der Waals surface area contributed by atoms with E-state index >= 15 is 0 Å². The van der Waals surface area contributed by atoms with E-state index in [4.69, 9.17) is 11.8 Å². The molecule has 0 aromatic heterocycles. The fourth-order valence-electron chi connectivity index (χ4n) is 1.59. The lowest BCUT2D eigenvalue weighted by molar-refractivity contribution is -0.142. The number of rotatable bonds is 6. The van der Waals surface area contributed by atoms with Gasteiger partial charge in [-0.25, -0.2) is 4.84 Å². The number of esters is 1. The number of carbonyl (C=O) groups is 1. The van der Waals surface area contributed by atoms with Crippen molar-refractivity contribution in [3.63, 3.8) is 0 Å². The summed E-state index contributed by atoms with van der Waals surface area (Å²) in [6, 6.07) is 7.44. The second kappa shape index (κ2) is 7.09. The summed E-state index contributed by atoms with van der Waals surface area (Å²) in [5.74, 6) is -0.367. The molecule has 17 heavy (non-hydrogen) atoms. The Hall–Kier alpha value is -1.32. The molecule has 0 aliphatic carbocycles. The highest BCUT2D eigenvalue weighted by atomic mass is 35.5. The van der Waals surface area contributed by atoms with E-state index in [0.717, 1.165) is 17.5 Å². The standard InChI is InChI=1S/C13H16ClNO2/c1-3-5-10-6-4-7-11(8-10)9-12(15-14)13(16)17-2/h3-4,6-8,12,15H,1,5,9H2,2H3/t12-/m0/s1. The monoisotopic (exact) mass is 253 g/mol. The zero-order valence-electron chi connectivity index (χ0n) is 9.78. The van der Waals surface area contributed by atoms with Gasteiger partial charge in [0.15, 0.2) is 0 Å². The summed E-state index contributed by atoms with van der Waals surface area (Å²) >= 11 is 5.53. The van der Waals surface area contributed by atoms with E-state index in [0.29, 0.717) is 6.42 Å². The Morgan fingerprint density at radius 3 is 2.88 bits per heavy atom. The number of allylic oxidation sites excluding steroid dienone is 1. The topological polar surface area (TPSA) is 38.3 Å². The van der Waals surface area contributed by atoms with Crippen LogP contribution in [0.3, 0.4) is 0 Å². The van der Waals surface area contributed by atoms with Crippen molar-refractivity contribution in [2.24, 2.45) is 0 Å². The Morgan fingerprint density at radius 2 is 2.29 bits per heavy atom. The van der Waals surface area contributed by atoms with Gasteiger partial charge in [0.25, 0.3) is 0 Å². The van der Waals surface area contributed by atoms with Crippen molar-refractivity contribution in [2.75, 3.05) is 7.11 Å². The van der Waals surface area contributed by atoms with Gasteiger partial charge in [-0.1, -0.05) is 30.3 Å². The first kappa shape index (κ1) is 13.7. The molecule has 4 heteroatoms. The number of benzene rings is 1. The highest BCUT2D eigenvalue weighted by Crippen LogP contribution is 2.10. The fourth-order valence-corrected chi connectivity index (χ4v) is 1.76. The summed E-state index contributed by atoms with van der Waals surface area (Å²) in [5.41, 5.74) is 2.20. The Balaban J connectivity index is 2.75. The number of halogens is 1. The van der Waals surface area contributed by atoms with Crippen LogP contribution >= 0.6 is 11.8 Å². The molecule has 1 N–H and O–H groups in total. The Labute approximate surface area is 107 Å². The van der Waals surface area contributed by atoms with Gasteiger partial charge in [0.05, 0.1) is 7.11 Å². The van der Waals surface area contributed by atoms with Crippen molar-refractivity contribution < 1.29 is 9.53 Å². The van der Waals surface area contributed by atoms with E-state index in [1.807, 2.05) is 30.3 Å². The molecule has 0 aliphatic heterocycles. The second-order valence-electron chi connectivity index (χ2n) is 3.70. The summed E-state index contributed by atoms with van der Waals surface area (Å²) in [5, 5.41) is 0. The third-order valence-electron chi connectivity index (χ3n) is 2.43. The predicted octanol–water partition coefficient (Wildman–Crippen LogP) is 2.24. The third-order valence-corrected chi connectivity index (χ3v) is 2.69. The van der Waals surface area contributed by atoms with E-state index in [9.17, 15) is 4.79 Å². The molecule has 0 saturated carbocycles. The third kappa shape index (κ3) is 4.21. The Morgan fingerprint density at radius 1 is 1.59 bits per heavy atom. The minimum Gasteiger partial charge on any atom is -0.468 e. The molecular weight excluding hydrogens is 238 g/mol. The van der Waals surface area contributed by atoms with E-state index in [1.165, 1.54) is 7.11 Å². The van der Waals surface area contributed by atoms with Crippen molar-refractivity contribution in [3.8, 4) is 0 Å². The maximum Gasteiger partial charge on any atom is 0.324 e. The van der Waals surface area contributed by atoms with Gasteiger partial charge in [0.2, 0.25) is 0 Å². The Kier molecular flexibility index (Phi) is 5.73. The molecule has 0 radical (unpaired) electrons. The highest BCUT2D eigenvalue weighted by Gasteiger charge is 2.18. The zero-order valence-corrected chi connectivity index (χ0v) is 10.5. The number of ether oxygens (including phenoxy) is 1. The second-order valence-corrected chi connectivity index (χ2v) is 3.92. The summed E-state index contributed by atoms with van der Waals surface area (Å²) in [6.45, 7) is 3.70. The summed E-state index contributed by atoms with van der Waals surface area (Å²) in [6.07, 6.45) is 3.16. The van der Waals surface area contributed by atoms with Crippen LogP contribution in [-0.2, 0) is 22.4 Å². The van der Waals surface area contributed by atoms with Gasteiger partial charge < -0.3 is 4.74 Å². The number of methoxy groups -OCH3 is 1. The van der Waals surface area contributed by atoms with Crippen LogP contribution in [-0.4, -0.2) is 19.1 Å². The van der Waals surface area contributed by atoms with Crippen LogP contribution in [0.4, 0.5) is 0 Å². The lowest BCUT2D eigenvalue weighted by atomic mass is 10.0. The van der Waals surface area contributed by atoms with Gasteiger partial charge in [-0.2, -0.15) is 0 Å². The largest absolute Gasteiger partial charge is 0.468 e. The molecular formula is C13H16ClNO2. The molecule has 0 bridgehead atoms. The molecule has 3 nitrogen and oxygen atoms in total. The first-order chi connectivity index (χ1) is 8.21. The molecule has 0 spiro atoms. The summed E-state index contributed by atoms with van der Waals surface area (Å²) in [4.78, 5) is 13.8. The van der Waals surface area contributed by atoms with Crippen LogP contribution in [0.5, 0.6) is 0 Å². The van der Waals surface area contributed by atoms with Crippen LogP contribution in [0.25, 0.3) is 0 Å². The minimum atomic E-state index is -0.527. The maximum absolute atomic E-state index is 11.4. The SMILES string of the molecule is C=CCc1cccc(C[C@H](NCl)C(=O)OC)c1. The first-order valence-corrected chi connectivity index (χ1v) is 5.71. The van der Waals surface area contributed by atoms with Crippen molar-refractivity contribution in [3.05, 3.63) is 48.0 Å². The molecule has 0 amide bonds. The molecule has 0 fully saturated rings. The number of carbonyl (C=O) groups excluding carboxylic acids is 1. The molecule has 1 rings (SSSR count). The van der Waals surface area contributed by atoms with Crippen molar-refractivity contribution in [2.45, 2.75) is 18.9 Å². The molecule has 0 unspecified atom stereocenters. The van der Waals surface area contributed by atoms with Crippen molar-refractivity contribution in [1.82, 2.24) is 4.84 Å². The predicted molar refractivity (Wildman–Crippen MR) is 68.8 cm³/mol. The smallest absolute Gasteiger partial charge is 0.324 e. The van der Waals surface area contributed by atoms with Crippen molar-refractivity contribution >= 4 is 17.7 Å². The van der Waals surface area contributed by atoms with Crippen LogP contribution < -0.4 is 4.84 Å². The van der Waals surface area contributed by atoms with E-state index in [2.05, 4.69) is 16.2 Å². The molecule has 0 aliphatic rings. The highest BCUT2D eigenvalue weighted by molar-refractivity contribution is 6.14.